The molecule has 2 rings (SSSR count). The van der Waals surface area contributed by atoms with Gasteiger partial charge in [-0.1, -0.05) is 26.0 Å². The Labute approximate surface area is 153 Å². The van der Waals surface area contributed by atoms with E-state index in [9.17, 15) is 14.7 Å². The number of carbonyl (C=O) groups is 2. The highest BCUT2D eigenvalue weighted by Crippen LogP contribution is 2.16. The molecule has 2 aromatic rings. The van der Waals surface area contributed by atoms with Crippen molar-refractivity contribution in [1.82, 2.24) is 10.3 Å². The van der Waals surface area contributed by atoms with Gasteiger partial charge in [-0.2, -0.15) is 0 Å². The molecule has 6 nitrogen and oxygen atoms in total. The number of aliphatic carboxylic acids is 1. The summed E-state index contributed by atoms with van der Waals surface area (Å²) >= 11 is 0. The monoisotopic (exact) mass is 356 g/mol. The number of benzene rings is 1. The Morgan fingerprint density at radius 3 is 2.69 bits per heavy atom. The number of amides is 1. The van der Waals surface area contributed by atoms with Crippen molar-refractivity contribution in [3.63, 3.8) is 0 Å². The second-order valence-corrected chi connectivity index (χ2v) is 6.55. The van der Waals surface area contributed by atoms with Gasteiger partial charge in [-0.25, -0.2) is 0 Å². The minimum absolute atomic E-state index is 0.104. The Morgan fingerprint density at radius 1 is 1.23 bits per heavy atom. The number of carboxylic acid groups (broad SMARTS) is 1. The van der Waals surface area contributed by atoms with E-state index < -0.39 is 11.9 Å². The molecule has 0 spiro atoms. The van der Waals surface area contributed by atoms with Crippen LogP contribution in [0.15, 0.2) is 48.8 Å². The number of carbonyl (C=O) groups excluding carboxylic acids is 1. The van der Waals surface area contributed by atoms with E-state index in [1.54, 1.807) is 36.7 Å². The number of nitrogens with one attached hydrogen (secondary N) is 1. The third-order valence-corrected chi connectivity index (χ3v) is 3.84. The molecule has 0 aliphatic carbocycles. The van der Waals surface area contributed by atoms with E-state index in [-0.39, 0.29) is 18.4 Å². The molecule has 0 radical (unpaired) electrons. The second kappa shape index (κ2) is 9.56. The molecular weight excluding hydrogens is 332 g/mol. The molecule has 0 saturated heterocycles. The summed E-state index contributed by atoms with van der Waals surface area (Å²) in [7, 11) is 0. The lowest BCUT2D eigenvalue weighted by Gasteiger charge is -2.15. The maximum atomic E-state index is 12.3. The molecular formula is C20H24N2O4. The van der Waals surface area contributed by atoms with Gasteiger partial charge in [0.2, 0.25) is 0 Å². The Kier molecular flexibility index (Phi) is 7.14. The van der Waals surface area contributed by atoms with Gasteiger partial charge < -0.3 is 15.2 Å². The largest absolute Gasteiger partial charge is 0.489 e. The number of pyridine rings is 1. The molecule has 0 saturated carbocycles. The average Bonchev–Trinajstić information content (AvgIpc) is 2.63. The molecule has 1 aromatic heterocycles. The first-order valence-electron chi connectivity index (χ1n) is 8.58. The minimum Gasteiger partial charge on any atom is -0.489 e. The summed E-state index contributed by atoms with van der Waals surface area (Å²) in [5, 5.41) is 12.0. The highest BCUT2D eigenvalue weighted by Gasteiger charge is 2.20. The van der Waals surface area contributed by atoms with Gasteiger partial charge in [0, 0.05) is 30.1 Å². The molecule has 2 N–H and O–H groups in total. The minimum atomic E-state index is -0.896. The molecule has 1 unspecified atom stereocenters. The van der Waals surface area contributed by atoms with E-state index in [1.165, 1.54) is 0 Å². The van der Waals surface area contributed by atoms with Crippen molar-refractivity contribution in [2.75, 3.05) is 6.54 Å². The van der Waals surface area contributed by atoms with Crippen molar-refractivity contribution in [2.45, 2.75) is 26.9 Å². The number of ether oxygens (including phenoxy) is 1. The zero-order valence-corrected chi connectivity index (χ0v) is 15.0. The number of nitrogens with zero attached hydrogens (tertiary/aromatic N) is 1. The maximum absolute atomic E-state index is 12.3. The Bertz CT molecular complexity index is 732. The molecule has 1 aromatic carbocycles. The van der Waals surface area contributed by atoms with Gasteiger partial charge in [-0.15, -0.1) is 0 Å². The number of hydrogen-bond acceptors (Lipinski definition) is 4. The molecule has 0 bridgehead atoms. The van der Waals surface area contributed by atoms with E-state index in [4.69, 9.17) is 4.74 Å². The van der Waals surface area contributed by atoms with Crippen LogP contribution in [0.4, 0.5) is 0 Å². The molecule has 6 heteroatoms. The Morgan fingerprint density at radius 2 is 2.04 bits per heavy atom. The quantitative estimate of drug-likeness (QED) is 0.720. The Balaban J connectivity index is 1.93. The Hall–Kier alpha value is -2.89. The first-order valence-corrected chi connectivity index (χ1v) is 8.58. The van der Waals surface area contributed by atoms with Crippen LogP contribution in [0, 0.1) is 11.8 Å². The zero-order chi connectivity index (χ0) is 18.9. The molecule has 1 amide bonds. The fourth-order valence-electron chi connectivity index (χ4n) is 2.54. The highest BCUT2D eigenvalue weighted by atomic mass is 16.5. The maximum Gasteiger partial charge on any atom is 0.308 e. The van der Waals surface area contributed by atoms with E-state index in [2.05, 4.69) is 10.3 Å². The predicted molar refractivity (Wildman–Crippen MR) is 97.9 cm³/mol. The predicted octanol–water partition coefficient (Wildman–Crippen LogP) is 3.14. The lowest BCUT2D eigenvalue weighted by Crippen LogP contribution is -2.33. The molecule has 138 valence electrons. The molecule has 26 heavy (non-hydrogen) atoms. The van der Waals surface area contributed by atoms with Crippen molar-refractivity contribution in [2.24, 2.45) is 11.8 Å². The third kappa shape index (κ3) is 6.20. The average molecular weight is 356 g/mol. The van der Waals surface area contributed by atoms with Gasteiger partial charge in [0.1, 0.15) is 12.4 Å². The third-order valence-electron chi connectivity index (χ3n) is 3.84. The summed E-state index contributed by atoms with van der Waals surface area (Å²) in [5.74, 6) is -0.987. The number of carboxylic acids is 1. The molecule has 0 aliphatic heterocycles. The van der Waals surface area contributed by atoms with Crippen molar-refractivity contribution in [3.05, 3.63) is 59.9 Å². The van der Waals surface area contributed by atoms with Gasteiger partial charge in [0.05, 0.1) is 5.92 Å². The van der Waals surface area contributed by atoms with Crippen LogP contribution < -0.4 is 10.1 Å². The van der Waals surface area contributed by atoms with Crippen LogP contribution in [0.2, 0.25) is 0 Å². The number of hydrogen-bond donors (Lipinski definition) is 2. The first kappa shape index (κ1) is 19.4. The van der Waals surface area contributed by atoms with Gasteiger partial charge >= 0.3 is 5.97 Å². The number of aromatic nitrogens is 1. The van der Waals surface area contributed by atoms with Gasteiger partial charge in [0.25, 0.3) is 5.91 Å². The van der Waals surface area contributed by atoms with Crippen LogP contribution in [0.1, 0.15) is 36.2 Å². The van der Waals surface area contributed by atoms with Crippen LogP contribution in [0.25, 0.3) is 0 Å². The first-order chi connectivity index (χ1) is 12.5. The molecule has 0 fully saturated rings. The lowest BCUT2D eigenvalue weighted by atomic mass is 9.97. The van der Waals surface area contributed by atoms with Gasteiger partial charge in [-0.05, 0) is 36.6 Å². The lowest BCUT2D eigenvalue weighted by molar-refractivity contribution is -0.142. The van der Waals surface area contributed by atoms with E-state index in [1.807, 2.05) is 26.0 Å². The van der Waals surface area contributed by atoms with Crippen molar-refractivity contribution < 1.29 is 19.4 Å². The van der Waals surface area contributed by atoms with Gasteiger partial charge in [-0.3, -0.25) is 14.6 Å². The topological polar surface area (TPSA) is 88.5 Å². The van der Waals surface area contributed by atoms with Crippen LogP contribution in [-0.4, -0.2) is 28.5 Å². The normalized spacial score (nSPS) is 11.8. The van der Waals surface area contributed by atoms with Crippen molar-refractivity contribution in [3.8, 4) is 5.75 Å². The summed E-state index contributed by atoms with van der Waals surface area (Å²) < 4.78 is 5.69. The molecule has 0 aliphatic rings. The van der Waals surface area contributed by atoms with Crippen molar-refractivity contribution in [1.29, 1.82) is 0 Å². The van der Waals surface area contributed by atoms with Crippen LogP contribution in [-0.2, 0) is 11.4 Å². The zero-order valence-electron chi connectivity index (χ0n) is 15.0. The van der Waals surface area contributed by atoms with E-state index >= 15 is 0 Å². The standard InChI is InChI=1S/C20H24N2O4/c1-14(2)9-17(20(24)25)12-22-19(23)16-6-3-7-18(10-16)26-13-15-5-4-8-21-11-15/h3-8,10-11,14,17H,9,12-13H2,1-2H3,(H,22,23)(H,24,25). The summed E-state index contributed by atoms with van der Waals surface area (Å²) in [6.45, 7) is 4.38. The SMILES string of the molecule is CC(C)CC(CNC(=O)c1cccc(OCc2cccnc2)c1)C(=O)O. The molecule has 1 atom stereocenters. The van der Waals surface area contributed by atoms with Crippen LogP contribution in [0.5, 0.6) is 5.75 Å². The summed E-state index contributed by atoms with van der Waals surface area (Å²) in [5.41, 5.74) is 1.36. The van der Waals surface area contributed by atoms with Crippen LogP contribution >= 0.6 is 0 Å². The van der Waals surface area contributed by atoms with E-state index in [0.717, 1.165) is 5.56 Å². The number of rotatable bonds is 9. The summed E-state index contributed by atoms with van der Waals surface area (Å²) in [6.07, 6.45) is 3.93. The van der Waals surface area contributed by atoms with Gasteiger partial charge in [0.15, 0.2) is 0 Å². The summed E-state index contributed by atoms with van der Waals surface area (Å²) in [6, 6.07) is 10.6. The molecule has 1 heterocycles. The summed E-state index contributed by atoms with van der Waals surface area (Å²) in [4.78, 5) is 27.6. The second-order valence-electron chi connectivity index (χ2n) is 6.55. The van der Waals surface area contributed by atoms with Crippen molar-refractivity contribution >= 4 is 11.9 Å². The fraction of sp³-hybridized carbons (Fsp3) is 0.350. The smallest absolute Gasteiger partial charge is 0.308 e. The van der Waals surface area contributed by atoms with E-state index in [0.29, 0.717) is 24.3 Å². The fourth-order valence-corrected chi connectivity index (χ4v) is 2.54. The van der Waals surface area contributed by atoms with Crippen LogP contribution in [0.3, 0.4) is 0 Å². The highest BCUT2D eigenvalue weighted by molar-refractivity contribution is 5.94.